The lowest BCUT2D eigenvalue weighted by Gasteiger charge is -2.19. The molecule has 0 unspecified atom stereocenters. The van der Waals surface area contributed by atoms with Crippen LogP contribution < -0.4 is 9.47 Å². The van der Waals surface area contributed by atoms with Gasteiger partial charge in [0.25, 0.3) is 11.1 Å². The van der Waals surface area contributed by atoms with Crippen LogP contribution in [0.5, 0.6) is 11.5 Å². The van der Waals surface area contributed by atoms with Gasteiger partial charge in [-0.25, -0.2) is 9.18 Å². The number of imide groups is 1. The number of nitrogens with zero attached hydrogens (tertiary/aromatic N) is 1. The zero-order chi connectivity index (χ0) is 24.1. The second kappa shape index (κ2) is 10.8. The maximum atomic E-state index is 13.4. The first kappa shape index (κ1) is 24.8. The first-order valence-electron chi connectivity index (χ1n) is 9.93. The molecular formula is C23H21BrFNO6S. The molecule has 1 heterocycles. The average Bonchev–Trinajstić information content (AvgIpc) is 3.06. The number of ether oxygens (including phenoxy) is 3. The standard InChI is InChI=1S/C23H21BrFNO6S/c1-4-31-22(28)13(2)26-21(27)20(33-23(26)29)10-15-9-18(30-3)19(11-17(15)24)32-12-14-6-5-7-16(25)8-14/h5-11,13H,4,12H2,1-3H3/b20-10+/t13-/m0/s1. The third-order valence-electron chi connectivity index (χ3n) is 4.69. The molecule has 1 fully saturated rings. The summed E-state index contributed by atoms with van der Waals surface area (Å²) < 4.78 is 30.1. The highest BCUT2D eigenvalue weighted by atomic mass is 79.9. The second-order valence-corrected chi connectivity index (χ2v) is 8.77. The number of rotatable bonds is 8. The van der Waals surface area contributed by atoms with Crippen molar-refractivity contribution in [2.75, 3.05) is 13.7 Å². The van der Waals surface area contributed by atoms with Crippen LogP contribution in [-0.2, 0) is 20.9 Å². The fourth-order valence-corrected chi connectivity index (χ4v) is 4.38. The largest absolute Gasteiger partial charge is 0.493 e. The molecule has 2 aromatic rings. The molecule has 0 aliphatic carbocycles. The van der Waals surface area contributed by atoms with E-state index in [-0.39, 0.29) is 23.9 Å². The highest BCUT2D eigenvalue weighted by molar-refractivity contribution is 9.10. The molecule has 0 aromatic heterocycles. The molecule has 3 rings (SSSR count). The Kier molecular flexibility index (Phi) is 8.15. The van der Waals surface area contributed by atoms with E-state index >= 15 is 0 Å². The predicted molar refractivity (Wildman–Crippen MR) is 125 cm³/mol. The number of hydrogen-bond acceptors (Lipinski definition) is 7. The molecule has 1 saturated heterocycles. The average molecular weight is 538 g/mol. The van der Waals surface area contributed by atoms with E-state index in [1.807, 2.05) is 0 Å². The third-order valence-corrected chi connectivity index (χ3v) is 6.26. The Morgan fingerprint density at radius 3 is 2.67 bits per heavy atom. The van der Waals surface area contributed by atoms with Crippen molar-refractivity contribution in [2.45, 2.75) is 26.5 Å². The topological polar surface area (TPSA) is 82.1 Å². The Morgan fingerprint density at radius 1 is 1.24 bits per heavy atom. The van der Waals surface area contributed by atoms with Gasteiger partial charge in [0.2, 0.25) is 0 Å². The molecule has 10 heteroatoms. The summed E-state index contributed by atoms with van der Waals surface area (Å²) in [5.41, 5.74) is 1.22. The molecule has 7 nitrogen and oxygen atoms in total. The summed E-state index contributed by atoms with van der Waals surface area (Å²) in [5, 5.41) is -0.551. The molecule has 174 valence electrons. The van der Waals surface area contributed by atoms with E-state index < -0.39 is 23.2 Å². The summed E-state index contributed by atoms with van der Waals surface area (Å²) in [4.78, 5) is 38.2. The minimum absolute atomic E-state index is 0.130. The Balaban J connectivity index is 1.82. The van der Waals surface area contributed by atoms with Crippen LogP contribution in [0, 0.1) is 5.82 Å². The molecule has 2 aromatic carbocycles. The minimum atomic E-state index is -1.03. The van der Waals surface area contributed by atoms with Crippen LogP contribution in [0.25, 0.3) is 6.08 Å². The van der Waals surface area contributed by atoms with Crippen LogP contribution in [0.15, 0.2) is 45.8 Å². The number of amides is 2. The van der Waals surface area contributed by atoms with Gasteiger partial charge in [-0.3, -0.25) is 14.5 Å². The summed E-state index contributed by atoms with van der Waals surface area (Å²) in [6.07, 6.45) is 1.53. The van der Waals surface area contributed by atoms with Gasteiger partial charge in [-0.2, -0.15) is 0 Å². The lowest BCUT2D eigenvalue weighted by Crippen LogP contribution is -2.42. The number of carbonyl (C=O) groups excluding carboxylic acids is 3. The summed E-state index contributed by atoms with van der Waals surface area (Å²) in [5.74, 6) is -0.785. The van der Waals surface area contributed by atoms with E-state index in [2.05, 4.69) is 15.9 Å². The summed E-state index contributed by atoms with van der Waals surface area (Å²) >= 11 is 4.18. The molecule has 0 spiro atoms. The molecule has 2 amide bonds. The van der Waals surface area contributed by atoms with E-state index in [9.17, 15) is 18.8 Å². The van der Waals surface area contributed by atoms with Gasteiger partial charge in [-0.15, -0.1) is 0 Å². The molecule has 1 atom stereocenters. The highest BCUT2D eigenvalue weighted by Gasteiger charge is 2.41. The molecule has 1 aliphatic rings. The van der Waals surface area contributed by atoms with Crippen LogP contribution >= 0.6 is 27.7 Å². The van der Waals surface area contributed by atoms with E-state index in [0.717, 1.165) is 16.7 Å². The Labute approximate surface area is 203 Å². The van der Waals surface area contributed by atoms with Gasteiger partial charge in [-0.1, -0.05) is 28.1 Å². The molecule has 0 saturated carbocycles. The number of thioether (sulfide) groups is 1. The molecule has 0 bridgehead atoms. The van der Waals surface area contributed by atoms with Gasteiger partial charge in [-0.05, 0) is 67.1 Å². The van der Waals surface area contributed by atoms with Crippen molar-refractivity contribution >= 4 is 50.9 Å². The first-order valence-corrected chi connectivity index (χ1v) is 11.5. The maximum absolute atomic E-state index is 13.4. The molecule has 0 radical (unpaired) electrons. The van der Waals surface area contributed by atoms with E-state index in [0.29, 0.717) is 27.1 Å². The van der Waals surface area contributed by atoms with Crippen LogP contribution in [0.2, 0.25) is 0 Å². The second-order valence-electron chi connectivity index (χ2n) is 6.92. The minimum Gasteiger partial charge on any atom is -0.493 e. The monoisotopic (exact) mass is 537 g/mol. The van der Waals surface area contributed by atoms with Crippen molar-refractivity contribution in [2.24, 2.45) is 0 Å². The summed E-state index contributed by atoms with van der Waals surface area (Å²) in [6, 6.07) is 8.35. The van der Waals surface area contributed by atoms with Crippen molar-refractivity contribution < 1.29 is 33.0 Å². The fourth-order valence-electron chi connectivity index (χ4n) is 3.04. The van der Waals surface area contributed by atoms with Crippen LogP contribution in [-0.4, -0.2) is 41.8 Å². The van der Waals surface area contributed by atoms with Crippen LogP contribution in [0.4, 0.5) is 9.18 Å². The van der Waals surface area contributed by atoms with E-state index in [4.69, 9.17) is 14.2 Å². The van der Waals surface area contributed by atoms with E-state index in [1.54, 1.807) is 31.2 Å². The summed E-state index contributed by atoms with van der Waals surface area (Å²) in [7, 11) is 1.47. The van der Waals surface area contributed by atoms with Crippen LogP contribution in [0.3, 0.4) is 0 Å². The number of methoxy groups -OCH3 is 1. The third kappa shape index (κ3) is 5.75. The molecule has 0 N–H and O–H groups in total. The number of esters is 1. The van der Waals surface area contributed by atoms with Gasteiger partial charge < -0.3 is 14.2 Å². The zero-order valence-corrected chi connectivity index (χ0v) is 20.5. The van der Waals surface area contributed by atoms with Crippen molar-refractivity contribution in [3.8, 4) is 11.5 Å². The predicted octanol–water partition coefficient (Wildman–Crippen LogP) is 5.16. The maximum Gasteiger partial charge on any atom is 0.329 e. The number of carbonyl (C=O) groups is 3. The first-order chi connectivity index (χ1) is 15.7. The van der Waals surface area contributed by atoms with Gasteiger partial charge in [0.1, 0.15) is 18.5 Å². The Hall–Kier alpha value is -2.85. The molecule has 1 aliphatic heterocycles. The lowest BCUT2D eigenvalue weighted by molar-refractivity contribution is -0.150. The number of benzene rings is 2. The SMILES string of the molecule is CCOC(=O)[C@H](C)N1C(=O)S/C(=C/c2cc(OC)c(OCc3cccc(F)c3)cc2Br)C1=O. The fraction of sp³-hybridized carbons (Fsp3) is 0.261. The van der Waals surface area contributed by atoms with Gasteiger partial charge in [0, 0.05) is 4.47 Å². The summed E-state index contributed by atoms with van der Waals surface area (Å²) in [6.45, 7) is 3.37. The van der Waals surface area contributed by atoms with Gasteiger partial charge >= 0.3 is 5.97 Å². The quantitative estimate of drug-likeness (QED) is 0.339. The molecule has 33 heavy (non-hydrogen) atoms. The number of halogens is 2. The van der Waals surface area contributed by atoms with Crippen molar-refractivity contribution in [3.63, 3.8) is 0 Å². The highest BCUT2D eigenvalue weighted by Crippen LogP contribution is 2.39. The van der Waals surface area contributed by atoms with Crippen molar-refractivity contribution in [1.82, 2.24) is 4.90 Å². The molecular weight excluding hydrogens is 517 g/mol. The lowest BCUT2D eigenvalue weighted by atomic mass is 10.1. The van der Waals surface area contributed by atoms with Crippen LogP contribution in [0.1, 0.15) is 25.0 Å². The zero-order valence-electron chi connectivity index (χ0n) is 18.1. The van der Waals surface area contributed by atoms with Crippen molar-refractivity contribution in [1.29, 1.82) is 0 Å². The number of hydrogen-bond donors (Lipinski definition) is 0. The van der Waals surface area contributed by atoms with Crippen molar-refractivity contribution in [3.05, 3.63) is 62.7 Å². The van der Waals surface area contributed by atoms with Gasteiger partial charge in [0.05, 0.1) is 18.6 Å². The van der Waals surface area contributed by atoms with E-state index in [1.165, 1.54) is 32.2 Å². The normalized spacial score (nSPS) is 15.7. The van der Waals surface area contributed by atoms with Gasteiger partial charge in [0.15, 0.2) is 11.5 Å². The Bertz CT molecular complexity index is 1120. The Morgan fingerprint density at radius 2 is 2.00 bits per heavy atom. The smallest absolute Gasteiger partial charge is 0.329 e.